The number of hydrogen-bond donors (Lipinski definition) is 4. The van der Waals surface area contributed by atoms with Gasteiger partial charge in [0.1, 0.15) is 0 Å². The SMILES string of the molecule is Oc1cc(Cc2c[nH]c3ccc(Br)cc23)c(O)[nH]1. The minimum atomic E-state index is -0.0245. The van der Waals surface area contributed by atoms with Crippen LogP contribution in [0.25, 0.3) is 10.9 Å². The third kappa shape index (κ3) is 1.86. The molecule has 3 rings (SSSR count). The molecular formula is C13H11BrN2O2. The standard InChI is InChI=1S/C13H11BrN2O2/c14-9-1-2-11-10(5-9)8(6-15-11)3-7-4-12(17)16-13(7)18/h1-2,4-6,15-18H,3H2. The van der Waals surface area contributed by atoms with Crippen LogP contribution in [0.2, 0.25) is 0 Å². The van der Waals surface area contributed by atoms with Gasteiger partial charge in [-0.2, -0.15) is 0 Å². The fourth-order valence-corrected chi connectivity index (χ4v) is 2.47. The van der Waals surface area contributed by atoms with Crippen molar-refractivity contribution in [3.63, 3.8) is 0 Å². The van der Waals surface area contributed by atoms with E-state index in [0.717, 1.165) is 20.9 Å². The molecule has 0 aliphatic heterocycles. The molecule has 0 saturated heterocycles. The number of nitrogens with one attached hydrogen (secondary N) is 2. The molecule has 0 spiro atoms. The van der Waals surface area contributed by atoms with Crippen molar-refractivity contribution in [3.05, 3.63) is 46.1 Å². The predicted octanol–water partition coefficient (Wildman–Crippen LogP) is 3.26. The first-order valence-electron chi connectivity index (χ1n) is 5.49. The molecule has 4 nitrogen and oxygen atoms in total. The Morgan fingerprint density at radius 2 is 1.94 bits per heavy atom. The minimum Gasteiger partial charge on any atom is -0.495 e. The Bertz CT molecular complexity index is 715. The van der Waals surface area contributed by atoms with Gasteiger partial charge in [0.15, 0.2) is 11.8 Å². The Labute approximate surface area is 111 Å². The van der Waals surface area contributed by atoms with Crippen LogP contribution in [0, 0.1) is 0 Å². The zero-order valence-electron chi connectivity index (χ0n) is 9.37. The van der Waals surface area contributed by atoms with E-state index in [9.17, 15) is 10.2 Å². The first kappa shape index (κ1) is 11.2. The second-order valence-corrected chi connectivity index (χ2v) is 5.12. The first-order chi connectivity index (χ1) is 8.63. The van der Waals surface area contributed by atoms with Crippen LogP contribution < -0.4 is 0 Å². The topological polar surface area (TPSA) is 72.0 Å². The lowest BCUT2D eigenvalue weighted by atomic mass is 10.1. The molecule has 0 radical (unpaired) electrons. The van der Waals surface area contributed by atoms with Gasteiger partial charge in [0.05, 0.1) is 0 Å². The Morgan fingerprint density at radius 1 is 1.11 bits per heavy atom. The molecule has 92 valence electrons. The monoisotopic (exact) mass is 306 g/mol. The van der Waals surface area contributed by atoms with Crippen LogP contribution in [0.3, 0.4) is 0 Å². The lowest BCUT2D eigenvalue weighted by Gasteiger charge is -1.98. The highest BCUT2D eigenvalue weighted by Gasteiger charge is 2.10. The smallest absolute Gasteiger partial charge is 0.194 e. The lowest BCUT2D eigenvalue weighted by Crippen LogP contribution is -1.84. The molecule has 0 amide bonds. The molecule has 5 heteroatoms. The third-order valence-corrected chi connectivity index (χ3v) is 3.47. The molecule has 0 fully saturated rings. The Morgan fingerprint density at radius 3 is 2.67 bits per heavy atom. The van der Waals surface area contributed by atoms with Gasteiger partial charge in [-0.1, -0.05) is 15.9 Å². The first-order valence-corrected chi connectivity index (χ1v) is 6.28. The van der Waals surface area contributed by atoms with Crippen LogP contribution in [-0.4, -0.2) is 20.2 Å². The molecule has 0 atom stereocenters. The second kappa shape index (κ2) is 4.10. The molecule has 0 aliphatic carbocycles. The van der Waals surface area contributed by atoms with Crippen molar-refractivity contribution in [1.82, 2.24) is 9.97 Å². The third-order valence-electron chi connectivity index (χ3n) is 2.97. The maximum Gasteiger partial charge on any atom is 0.194 e. The van der Waals surface area contributed by atoms with Gasteiger partial charge in [-0.05, 0) is 23.8 Å². The molecule has 2 heterocycles. The molecule has 18 heavy (non-hydrogen) atoms. The van der Waals surface area contributed by atoms with Gasteiger partial charge in [-0.15, -0.1) is 0 Å². The summed E-state index contributed by atoms with van der Waals surface area (Å²) >= 11 is 3.45. The summed E-state index contributed by atoms with van der Waals surface area (Å²) in [6, 6.07) is 7.54. The lowest BCUT2D eigenvalue weighted by molar-refractivity contribution is 0.423. The number of hydrogen-bond acceptors (Lipinski definition) is 2. The largest absolute Gasteiger partial charge is 0.495 e. The van der Waals surface area contributed by atoms with Crippen LogP contribution in [0.5, 0.6) is 11.8 Å². The van der Waals surface area contributed by atoms with Crippen LogP contribution in [0.1, 0.15) is 11.1 Å². The maximum atomic E-state index is 9.62. The van der Waals surface area contributed by atoms with Gasteiger partial charge in [0, 0.05) is 39.6 Å². The molecule has 0 bridgehead atoms. The van der Waals surface area contributed by atoms with Gasteiger partial charge in [0.25, 0.3) is 0 Å². The number of rotatable bonds is 2. The second-order valence-electron chi connectivity index (χ2n) is 4.21. The average molecular weight is 307 g/mol. The fraction of sp³-hybridized carbons (Fsp3) is 0.0769. The van der Waals surface area contributed by atoms with Gasteiger partial charge in [0.2, 0.25) is 0 Å². The highest BCUT2D eigenvalue weighted by atomic mass is 79.9. The van der Waals surface area contributed by atoms with Crippen molar-refractivity contribution in [1.29, 1.82) is 0 Å². The van der Waals surface area contributed by atoms with E-state index in [1.165, 1.54) is 6.07 Å². The normalized spacial score (nSPS) is 11.2. The summed E-state index contributed by atoms with van der Waals surface area (Å²) in [5.74, 6) is -0.0135. The van der Waals surface area contributed by atoms with Crippen molar-refractivity contribution in [2.24, 2.45) is 0 Å². The quantitative estimate of drug-likeness (QED) is 0.587. The Kier molecular flexibility index (Phi) is 2.56. The predicted molar refractivity (Wildman–Crippen MR) is 72.9 cm³/mol. The average Bonchev–Trinajstić information content (AvgIpc) is 2.84. The van der Waals surface area contributed by atoms with Crippen molar-refractivity contribution < 1.29 is 10.2 Å². The molecular weight excluding hydrogens is 296 g/mol. The number of fused-ring (bicyclic) bond motifs is 1. The van der Waals surface area contributed by atoms with E-state index in [-0.39, 0.29) is 11.8 Å². The Hall–Kier alpha value is -1.88. The minimum absolute atomic E-state index is 0.0110. The summed E-state index contributed by atoms with van der Waals surface area (Å²) < 4.78 is 1.01. The van der Waals surface area contributed by atoms with Gasteiger partial charge in [-0.3, -0.25) is 4.98 Å². The summed E-state index contributed by atoms with van der Waals surface area (Å²) in [4.78, 5) is 5.66. The zero-order chi connectivity index (χ0) is 12.7. The summed E-state index contributed by atoms with van der Waals surface area (Å²) in [5.41, 5.74) is 2.79. The van der Waals surface area contributed by atoms with Crippen LogP contribution in [0.15, 0.2) is 34.9 Å². The van der Waals surface area contributed by atoms with E-state index in [1.807, 2.05) is 24.4 Å². The van der Waals surface area contributed by atoms with Crippen LogP contribution in [0.4, 0.5) is 0 Å². The Balaban J connectivity index is 2.05. The molecule has 4 N–H and O–H groups in total. The van der Waals surface area contributed by atoms with Gasteiger partial charge in [-0.25, -0.2) is 0 Å². The van der Waals surface area contributed by atoms with Gasteiger partial charge >= 0.3 is 0 Å². The van der Waals surface area contributed by atoms with E-state index in [2.05, 4.69) is 25.9 Å². The number of aromatic amines is 2. The van der Waals surface area contributed by atoms with E-state index in [4.69, 9.17) is 0 Å². The number of halogens is 1. The number of aromatic nitrogens is 2. The number of benzene rings is 1. The summed E-state index contributed by atoms with van der Waals surface area (Å²) in [6.07, 6.45) is 2.47. The summed E-state index contributed by atoms with van der Waals surface area (Å²) in [7, 11) is 0. The zero-order valence-corrected chi connectivity index (χ0v) is 11.0. The van der Waals surface area contributed by atoms with Gasteiger partial charge < -0.3 is 15.2 Å². The van der Waals surface area contributed by atoms with E-state index in [1.54, 1.807) is 0 Å². The summed E-state index contributed by atoms with van der Waals surface area (Å²) in [5, 5.41) is 20.0. The van der Waals surface area contributed by atoms with Crippen molar-refractivity contribution in [2.45, 2.75) is 6.42 Å². The fourth-order valence-electron chi connectivity index (χ4n) is 2.11. The van der Waals surface area contributed by atoms with E-state index in [0.29, 0.717) is 12.0 Å². The molecule has 1 aromatic carbocycles. The van der Waals surface area contributed by atoms with Crippen LogP contribution in [-0.2, 0) is 6.42 Å². The highest BCUT2D eigenvalue weighted by Crippen LogP contribution is 2.28. The number of H-pyrrole nitrogens is 2. The maximum absolute atomic E-state index is 9.62. The highest BCUT2D eigenvalue weighted by molar-refractivity contribution is 9.10. The van der Waals surface area contributed by atoms with Crippen molar-refractivity contribution >= 4 is 26.8 Å². The van der Waals surface area contributed by atoms with Crippen molar-refractivity contribution in [3.8, 4) is 11.8 Å². The molecule has 3 aromatic rings. The van der Waals surface area contributed by atoms with E-state index < -0.39 is 0 Å². The molecule has 0 saturated carbocycles. The van der Waals surface area contributed by atoms with E-state index >= 15 is 0 Å². The number of aromatic hydroxyl groups is 2. The molecule has 0 aliphatic rings. The molecule has 0 unspecified atom stereocenters. The molecule has 2 aromatic heterocycles. The van der Waals surface area contributed by atoms with Crippen LogP contribution >= 0.6 is 15.9 Å². The van der Waals surface area contributed by atoms with Crippen molar-refractivity contribution in [2.75, 3.05) is 0 Å². The summed E-state index contributed by atoms with van der Waals surface area (Å²) in [6.45, 7) is 0.